The van der Waals surface area contributed by atoms with Crippen molar-refractivity contribution in [3.05, 3.63) is 144 Å². The predicted molar refractivity (Wildman–Crippen MR) is 187 cm³/mol. The number of benzene rings is 4. The maximum atomic E-state index is 6.26. The van der Waals surface area contributed by atoms with Gasteiger partial charge in [0.15, 0.2) is 11.0 Å². The van der Waals surface area contributed by atoms with Crippen LogP contribution >= 0.6 is 25.3 Å². The van der Waals surface area contributed by atoms with Crippen molar-refractivity contribution in [2.45, 2.75) is 23.8 Å². The molecule has 0 bridgehead atoms. The van der Waals surface area contributed by atoms with Crippen LogP contribution in [0.2, 0.25) is 0 Å². The number of rotatable bonds is 11. The molecule has 44 heavy (non-hydrogen) atoms. The molecule has 0 saturated heterocycles. The van der Waals surface area contributed by atoms with Crippen molar-refractivity contribution < 1.29 is 9.47 Å². The van der Waals surface area contributed by atoms with Gasteiger partial charge < -0.3 is 20.1 Å². The number of nitrogens with zero attached hydrogens (tertiary/aromatic N) is 2. The van der Waals surface area contributed by atoms with E-state index in [1.807, 2.05) is 72.8 Å². The molecule has 2 atom stereocenters. The highest BCUT2D eigenvalue weighted by molar-refractivity contribution is 7.81. The molecule has 2 heterocycles. The number of ether oxygens (including phenoxy) is 2. The number of hydrogen-bond acceptors (Lipinski definition) is 8. The molecule has 6 rings (SSSR count). The zero-order chi connectivity index (χ0) is 30.1. The van der Waals surface area contributed by atoms with E-state index in [-0.39, 0.29) is 11.0 Å². The fraction of sp³-hybridized carbons (Fsp3) is 0.167. The molecular weight excluding hydrogens is 585 g/mol. The molecule has 0 radical (unpaired) electrons. The van der Waals surface area contributed by atoms with Crippen molar-refractivity contribution in [3.8, 4) is 11.5 Å². The van der Waals surface area contributed by atoms with Crippen LogP contribution in [0.1, 0.15) is 35.1 Å². The average molecular weight is 619 g/mol. The first-order valence-electron chi connectivity index (χ1n) is 14.7. The second-order valence-corrected chi connectivity index (χ2v) is 11.3. The number of aliphatic imine (C=N–C) groups is 2. The van der Waals surface area contributed by atoms with Gasteiger partial charge in [-0.05, 0) is 60.4 Å². The Morgan fingerprint density at radius 2 is 0.909 bits per heavy atom. The van der Waals surface area contributed by atoms with Gasteiger partial charge in [-0.1, -0.05) is 84.9 Å². The molecule has 0 aromatic heterocycles. The summed E-state index contributed by atoms with van der Waals surface area (Å²) in [6, 6.07) is 36.4. The van der Waals surface area contributed by atoms with Gasteiger partial charge in [0, 0.05) is 22.5 Å². The summed E-state index contributed by atoms with van der Waals surface area (Å²) in [4.78, 5) is 9.31. The van der Waals surface area contributed by atoms with Gasteiger partial charge in [-0.25, -0.2) is 9.98 Å². The third-order valence-corrected chi connectivity index (χ3v) is 7.69. The molecule has 2 N–H and O–H groups in total. The standard InChI is InChI=1S/C36H34N4O2S2/c43-35-37-29(25-13-3-1-4-14-25)23-31(39-35)27-17-7-9-19-33(27)41-21-11-12-22-42-34-20-10-8-18-28(34)32-24-30(38-36(44)40-32)26-15-5-2-6-16-26/h1-10,13-20,23-24,35-36,39-40,43-44H,11-12,21-22H2. The maximum Gasteiger partial charge on any atom is 0.164 e. The smallest absolute Gasteiger partial charge is 0.164 e. The Labute approximate surface area is 269 Å². The van der Waals surface area contributed by atoms with Gasteiger partial charge in [-0.15, -0.1) is 25.3 Å². The quantitative estimate of drug-likeness (QED) is 0.106. The fourth-order valence-electron chi connectivity index (χ4n) is 5.08. The van der Waals surface area contributed by atoms with Gasteiger partial charge in [0.25, 0.3) is 0 Å². The van der Waals surface area contributed by atoms with Crippen molar-refractivity contribution in [1.29, 1.82) is 0 Å². The van der Waals surface area contributed by atoms with E-state index in [1.54, 1.807) is 0 Å². The number of nitrogens with one attached hydrogen (secondary N) is 2. The van der Waals surface area contributed by atoms with Crippen LogP contribution in [0.5, 0.6) is 11.5 Å². The summed E-state index contributed by atoms with van der Waals surface area (Å²) in [5, 5.41) is 6.73. The van der Waals surface area contributed by atoms with Gasteiger partial charge in [0.1, 0.15) is 11.5 Å². The van der Waals surface area contributed by atoms with Crippen LogP contribution in [0.15, 0.2) is 131 Å². The lowest BCUT2D eigenvalue weighted by molar-refractivity contribution is 0.265. The molecule has 2 aliphatic heterocycles. The monoisotopic (exact) mass is 618 g/mol. The number of allylic oxidation sites excluding steroid dienone is 2. The van der Waals surface area contributed by atoms with Crippen LogP contribution in [0.4, 0.5) is 0 Å². The normalized spacial score (nSPS) is 17.7. The van der Waals surface area contributed by atoms with Gasteiger partial charge in [0.05, 0.1) is 24.6 Å². The van der Waals surface area contributed by atoms with Gasteiger partial charge in [0.2, 0.25) is 0 Å². The van der Waals surface area contributed by atoms with E-state index in [9.17, 15) is 0 Å². The molecule has 8 heteroatoms. The number of para-hydroxylation sites is 2. The fourth-order valence-corrected chi connectivity index (χ4v) is 5.61. The summed E-state index contributed by atoms with van der Waals surface area (Å²) in [6.07, 6.45) is 5.80. The second kappa shape index (κ2) is 14.4. The molecular formula is C36H34N4O2S2. The van der Waals surface area contributed by atoms with Crippen LogP contribution in [0.25, 0.3) is 11.4 Å². The van der Waals surface area contributed by atoms with Crippen LogP contribution in [-0.4, -0.2) is 35.6 Å². The highest BCUT2D eigenvalue weighted by Gasteiger charge is 2.19. The van der Waals surface area contributed by atoms with Gasteiger partial charge in [-0.2, -0.15) is 0 Å². The highest BCUT2D eigenvalue weighted by atomic mass is 32.1. The SMILES string of the molecule is SC1N=C(c2ccccc2)C=C(c2ccccc2OCCCCOc2ccccc2C2=CC(c3ccccc3)=NC(S)N2)N1. The van der Waals surface area contributed by atoms with Crippen molar-refractivity contribution in [2.75, 3.05) is 13.2 Å². The lowest BCUT2D eigenvalue weighted by Gasteiger charge is -2.23. The van der Waals surface area contributed by atoms with Gasteiger partial charge >= 0.3 is 0 Å². The Morgan fingerprint density at radius 3 is 1.34 bits per heavy atom. The minimum Gasteiger partial charge on any atom is -0.493 e. The lowest BCUT2D eigenvalue weighted by atomic mass is 10.0. The molecule has 222 valence electrons. The Balaban J connectivity index is 1.06. The zero-order valence-electron chi connectivity index (χ0n) is 24.1. The van der Waals surface area contributed by atoms with E-state index in [0.29, 0.717) is 13.2 Å². The van der Waals surface area contributed by atoms with Crippen molar-refractivity contribution in [3.63, 3.8) is 0 Å². The number of thiol groups is 2. The maximum absolute atomic E-state index is 6.26. The Bertz CT molecular complexity index is 1580. The summed E-state index contributed by atoms with van der Waals surface area (Å²) in [7, 11) is 0. The first-order valence-corrected chi connectivity index (χ1v) is 15.7. The van der Waals surface area contributed by atoms with Crippen LogP contribution in [0.3, 0.4) is 0 Å². The third kappa shape index (κ3) is 7.38. The predicted octanol–water partition coefficient (Wildman–Crippen LogP) is 7.22. The number of hydrogen-bond donors (Lipinski definition) is 4. The van der Waals surface area contributed by atoms with Crippen LogP contribution in [0, 0.1) is 0 Å². The second-order valence-electron chi connectivity index (χ2n) is 10.3. The molecule has 2 aliphatic rings. The molecule has 0 spiro atoms. The van der Waals surface area contributed by atoms with Crippen LogP contribution < -0.4 is 20.1 Å². The van der Waals surface area contributed by atoms with Crippen molar-refractivity contribution in [2.24, 2.45) is 9.98 Å². The highest BCUT2D eigenvalue weighted by Crippen LogP contribution is 2.30. The zero-order valence-corrected chi connectivity index (χ0v) is 25.9. The van der Waals surface area contributed by atoms with E-state index < -0.39 is 0 Å². The first kappa shape index (κ1) is 29.7. The average Bonchev–Trinajstić information content (AvgIpc) is 3.07. The molecule has 2 unspecified atom stereocenters. The van der Waals surface area contributed by atoms with E-state index >= 15 is 0 Å². The minimum atomic E-state index is -0.339. The Kier molecular flexibility index (Phi) is 9.70. The largest absolute Gasteiger partial charge is 0.493 e. The summed E-state index contributed by atoms with van der Waals surface area (Å²) < 4.78 is 12.5. The molecule has 4 aromatic rings. The first-order chi connectivity index (χ1) is 21.6. The van der Waals surface area contributed by atoms with Gasteiger partial charge in [-0.3, -0.25) is 0 Å². The topological polar surface area (TPSA) is 67.2 Å². The third-order valence-electron chi connectivity index (χ3n) is 7.20. The van der Waals surface area contributed by atoms with E-state index in [1.165, 1.54) is 0 Å². The summed E-state index contributed by atoms with van der Waals surface area (Å²) in [5.74, 6) is 1.64. The Morgan fingerprint density at radius 1 is 0.523 bits per heavy atom. The van der Waals surface area contributed by atoms with Crippen LogP contribution in [-0.2, 0) is 0 Å². The summed E-state index contributed by atoms with van der Waals surface area (Å²) in [5.41, 5.74) is 7.03. The lowest BCUT2D eigenvalue weighted by Crippen LogP contribution is -2.27. The summed E-state index contributed by atoms with van der Waals surface area (Å²) >= 11 is 9.22. The van der Waals surface area contributed by atoms with E-state index in [4.69, 9.17) is 9.47 Å². The molecule has 0 fully saturated rings. The molecule has 0 aliphatic carbocycles. The molecule has 0 amide bonds. The molecule has 4 aromatic carbocycles. The molecule has 0 saturated carbocycles. The van der Waals surface area contributed by atoms with E-state index in [0.717, 1.165) is 69.4 Å². The number of unbranched alkanes of at least 4 members (excludes halogenated alkanes) is 1. The van der Waals surface area contributed by atoms with E-state index in [2.05, 4.69) is 94.4 Å². The summed E-state index contributed by atoms with van der Waals surface area (Å²) in [6.45, 7) is 1.15. The van der Waals surface area contributed by atoms with Crippen molar-refractivity contribution >= 4 is 48.1 Å². The Hall–Kier alpha value is -4.40. The molecule has 6 nitrogen and oxygen atoms in total. The van der Waals surface area contributed by atoms with Crippen molar-refractivity contribution in [1.82, 2.24) is 10.6 Å². The minimum absolute atomic E-state index is 0.339.